The molecule has 0 heterocycles. The van der Waals surface area contributed by atoms with Crippen molar-refractivity contribution in [2.45, 2.75) is 77.4 Å². The van der Waals surface area contributed by atoms with Gasteiger partial charge in [0.1, 0.15) is 11.2 Å². The van der Waals surface area contributed by atoms with Crippen LogP contribution in [0.25, 0.3) is 0 Å². The van der Waals surface area contributed by atoms with Gasteiger partial charge in [0.05, 0.1) is 0 Å². The van der Waals surface area contributed by atoms with Gasteiger partial charge in [-0.1, -0.05) is 100 Å². The van der Waals surface area contributed by atoms with Crippen LogP contribution in [0.4, 0.5) is 0 Å². The highest BCUT2D eigenvalue weighted by atomic mass is 16.6. The molecule has 0 bridgehead atoms. The third kappa shape index (κ3) is 4.67. The topological polar surface area (TPSA) is 18.5 Å². The predicted octanol–water partition coefficient (Wildman–Crippen LogP) is 7.23. The lowest BCUT2D eigenvalue weighted by atomic mass is 9.68. The number of hydrogen-bond donors (Lipinski definition) is 0. The predicted molar refractivity (Wildman–Crippen MR) is 119 cm³/mol. The molecule has 0 amide bonds. The molecule has 2 nitrogen and oxygen atoms in total. The fraction of sp³-hybridized carbons (Fsp3) is 0.538. The molecule has 0 N–H and O–H groups in total. The Kier molecular flexibility index (Phi) is 9.21. The number of ether oxygens (including phenoxy) is 2. The average Bonchev–Trinajstić information content (AvgIpc) is 2.75. The second-order valence-corrected chi connectivity index (χ2v) is 7.46. The number of unbranched alkanes of at least 4 members (excludes halogenated alkanes) is 2. The van der Waals surface area contributed by atoms with Gasteiger partial charge < -0.3 is 9.47 Å². The third-order valence-electron chi connectivity index (χ3n) is 5.68. The lowest BCUT2D eigenvalue weighted by Crippen LogP contribution is -2.53. The maximum absolute atomic E-state index is 6.76. The molecule has 0 saturated heterocycles. The van der Waals surface area contributed by atoms with Crippen LogP contribution in [-0.4, -0.2) is 13.2 Å². The summed E-state index contributed by atoms with van der Waals surface area (Å²) in [5.74, 6) is 0. The lowest BCUT2D eigenvalue weighted by Gasteiger charge is -2.51. The van der Waals surface area contributed by atoms with Crippen LogP contribution in [0.15, 0.2) is 60.7 Å². The van der Waals surface area contributed by atoms with Crippen molar-refractivity contribution in [2.75, 3.05) is 13.2 Å². The zero-order valence-corrected chi connectivity index (χ0v) is 18.2. The summed E-state index contributed by atoms with van der Waals surface area (Å²) < 4.78 is 13.5. The van der Waals surface area contributed by atoms with Crippen LogP contribution in [0, 0.1) is 0 Å². The summed E-state index contributed by atoms with van der Waals surface area (Å²) >= 11 is 0. The molecule has 2 aromatic rings. The van der Waals surface area contributed by atoms with E-state index in [1.54, 1.807) is 0 Å². The molecule has 0 aliphatic heterocycles. The molecule has 154 valence electrons. The standard InChI is InChI=1S/C26H38O2/c1-5-9-21-25(27-7-3,23-17-13-11-14-18-23)26(28-8-4,22-10-6-2)24-19-15-12-16-20-24/h11-20H,5-10,21-22H2,1-4H3. The van der Waals surface area contributed by atoms with Gasteiger partial charge >= 0.3 is 0 Å². The normalized spacial score (nSPS) is 15.7. The van der Waals surface area contributed by atoms with Crippen LogP contribution < -0.4 is 0 Å². The van der Waals surface area contributed by atoms with Crippen molar-refractivity contribution in [1.29, 1.82) is 0 Å². The molecule has 0 aromatic heterocycles. The molecule has 0 fully saturated rings. The van der Waals surface area contributed by atoms with Crippen LogP contribution in [0.3, 0.4) is 0 Å². The molecule has 2 aromatic carbocycles. The molecule has 2 rings (SSSR count). The maximum atomic E-state index is 6.76. The Bertz CT molecular complexity index is 595. The van der Waals surface area contributed by atoms with Gasteiger partial charge in [0.15, 0.2) is 0 Å². The van der Waals surface area contributed by atoms with Crippen molar-refractivity contribution in [3.8, 4) is 0 Å². The highest BCUT2D eigenvalue weighted by molar-refractivity contribution is 5.35. The van der Waals surface area contributed by atoms with E-state index in [0.29, 0.717) is 13.2 Å². The molecule has 0 aliphatic rings. The molecular weight excluding hydrogens is 344 g/mol. The highest BCUT2D eigenvalue weighted by Crippen LogP contribution is 2.52. The first-order valence-electron chi connectivity index (χ1n) is 11.1. The van der Waals surface area contributed by atoms with E-state index >= 15 is 0 Å². The quantitative estimate of drug-likeness (QED) is 0.364. The van der Waals surface area contributed by atoms with Crippen LogP contribution in [0.2, 0.25) is 0 Å². The largest absolute Gasteiger partial charge is 0.367 e. The third-order valence-corrected chi connectivity index (χ3v) is 5.68. The first kappa shape index (κ1) is 22.6. The van der Waals surface area contributed by atoms with E-state index in [0.717, 1.165) is 38.5 Å². The summed E-state index contributed by atoms with van der Waals surface area (Å²) in [4.78, 5) is 0. The summed E-state index contributed by atoms with van der Waals surface area (Å²) in [6.07, 6.45) is 6.35. The van der Waals surface area contributed by atoms with Crippen LogP contribution in [0.5, 0.6) is 0 Å². The van der Waals surface area contributed by atoms with E-state index in [9.17, 15) is 0 Å². The first-order valence-corrected chi connectivity index (χ1v) is 11.1. The van der Waals surface area contributed by atoms with Crippen molar-refractivity contribution in [1.82, 2.24) is 0 Å². The van der Waals surface area contributed by atoms with Gasteiger partial charge in [0.2, 0.25) is 0 Å². The average molecular weight is 383 g/mol. The molecule has 0 radical (unpaired) electrons. The Labute approximate surface area is 172 Å². The van der Waals surface area contributed by atoms with E-state index in [-0.39, 0.29) is 0 Å². The van der Waals surface area contributed by atoms with E-state index in [1.807, 2.05) is 0 Å². The molecular formula is C26H38O2. The highest BCUT2D eigenvalue weighted by Gasteiger charge is 2.54. The summed E-state index contributed by atoms with van der Waals surface area (Å²) in [5.41, 5.74) is 1.43. The maximum Gasteiger partial charge on any atom is 0.126 e. The zero-order valence-electron chi connectivity index (χ0n) is 18.2. The van der Waals surface area contributed by atoms with Crippen molar-refractivity contribution in [2.24, 2.45) is 0 Å². The number of hydrogen-bond acceptors (Lipinski definition) is 2. The minimum atomic E-state index is -0.508. The van der Waals surface area contributed by atoms with Gasteiger partial charge in [-0.25, -0.2) is 0 Å². The summed E-state index contributed by atoms with van der Waals surface area (Å²) in [5, 5.41) is 0. The molecule has 28 heavy (non-hydrogen) atoms. The Hall–Kier alpha value is -1.64. The second-order valence-electron chi connectivity index (χ2n) is 7.46. The van der Waals surface area contributed by atoms with E-state index < -0.39 is 11.2 Å². The summed E-state index contributed by atoms with van der Waals surface area (Å²) in [7, 11) is 0. The minimum Gasteiger partial charge on any atom is -0.367 e. The SMILES string of the molecule is CCCCC(OCC)(c1ccccc1)C(CCCC)(OCC)c1ccccc1. The van der Waals surface area contributed by atoms with Crippen LogP contribution >= 0.6 is 0 Å². The number of benzene rings is 2. The van der Waals surface area contributed by atoms with Crippen LogP contribution in [-0.2, 0) is 20.7 Å². The van der Waals surface area contributed by atoms with Gasteiger partial charge in [-0.05, 0) is 37.8 Å². The smallest absolute Gasteiger partial charge is 0.126 e. The molecule has 0 spiro atoms. The lowest BCUT2D eigenvalue weighted by molar-refractivity contribution is -0.229. The van der Waals surface area contributed by atoms with E-state index in [2.05, 4.69) is 88.4 Å². The molecule has 2 heteroatoms. The zero-order chi connectivity index (χ0) is 20.3. The molecule has 0 saturated carbocycles. The second kappa shape index (κ2) is 11.4. The Morgan fingerprint density at radius 3 is 1.21 bits per heavy atom. The molecule has 2 atom stereocenters. The van der Waals surface area contributed by atoms with Crippen LogP contribution in [0.1, 0.15) is 77.3 Å². The minimum absolute atomic E-state index is 0.508. The molecule has 2 unspecified atom stereocenters. The Morgan fingerprint density at radius 1 is 0.571 bits per heavy atom. The Morgan fingerprint density at radius 2 is 0.929 bits per heavy atom. The first-order chi connectivity index (χ1) is 13.7. The van der Waals surface area contributed by atoms with E-state index in [1.165, 1.54) is 11.1 Å². The van der Waals surface area contributed by atoms with Gasteiger partial charge in [-0.3, -0.25) is 0 Å². The Balaban J connectivity index is 2.78. The van der Waals surface area contributed by atoms with E-state index in [4.69, 9.17) is 9.47 Å². The van der Waals surface area contributed by atoms with Gasteiger partial charge in [0, 0.05) is 13.2 Å². The van der Waals surface area contributed by atoms with Crippen molar-refractivity contribution in [3.63, 3.8) is 0 Å². The molecule has 0 aliphatic carbocycles. The monoisotopic (exact) mass is 382 g/mol. The fourth-order valence-electron chi connectivity index (χ4n) is 4.46. The van der Waals surface area contributed by atoms with Crippen molar-refractivity contribution in [3.05, 3.63) is 71.8 Å². The summed E-state index contributed by atoms with van der Waals surface area (Å²) in [6.45, 7) is 10.0. The summed E-state index contributed by atoms with van der Waals surface area (Å²) in [6, 6.07) is 21.5. The van der Waals surface area contributed by atoms with Gasteiger partial charge in [-0.15, -0.1) is 0 Å². The number of rotatable bonds is 13. The van der Waals surface area contributed by atoms with Gasteiger partial charge in [-0.2, -0.15) is 0 Å². The fourth-order valence-corrected chi connectivity index (χ4v) is 4.46. The van der Waals surface area contributed by atoms with Crippen molar-refractivity contribution < 1.29 is 9.47 Å². The van der Waals surface area contributed by atoms with Gasteiger partial charge in [0.25, 0.3) is 0 Å². The van der Waals surface area contributed by atoms with Crippen molar-refractivity contribution >= 4 is 0 Å².